The molecule has 0 saturated carbocycles. The van der Waals surface area contributed by atoms with Crippen LogP contribution in [0.25, 0.3) is 0 Å². The van der Waals surface area contributed by atoms with E-state index in [1.165, 1.54) is 0 Å². The van der Waals surface area contributed by atoms with Crippen LogP contribution in [0.2, 0.25) is 0 Å². The predicted molar refractivity (Wildman–Crippen MR) is 56.0 cm³/mol. The Kier molecular flexibility index (Phi) is 3.88. The van der Waals surface area contributed by atoms with Crippen molar-refractivity contribution in [2.75, 3.05) is 6.54 Å². The number of nitrogens with zero attached hydrogens (tertiary/aromatic N) is 2. The zero-order valence-corrected chi connectivity index (χ0v) is 8.80. The Labute approximate surface area is 92.6 Å². The van der Waals surface area contributed by atoms with Crippen molar-refractivity contribution in [3.05, 3.63) is 0 Å². The largest absolute Gasteiger partial charge is 0.350 e. The third-order valence-corrected chi connectivity index (χ3v) is 2.60. The van der Waals surface area contributed by atoms with E-state index < -0.39 is 12.1 Å². The fourth-order valence-electron chi connectivity index (χ4n) is 1.63. The van der Waals surface area contributed by atoms with Gasteiger partial charge in [-0.1, -0.05) is 0 Å². The zero-order valence-electron chi connectivity index (χ0n) is 8.80. The molecule has 9 nitrogen and oxygen atoms in total. The van der Waals surface area contributed by atoms with E-state index in [2.05, 4.69) is 5.32 Å². The monoisotopic (exact) mass is 231 g/mol. The van der Waals surface area contributed by atoms with E-state index in [0.29, 0.717) is 19.4 Å². The van der Waals surface area contributed by atoms with Gasteiger partial charge in [-0.25, -0.2) is 26.3 Å². The molecule has 9 heteroatoms. The van der Waals surface area contributed by atoms with Crippen molar-refractivity contribution in [1.29, 1.82) is 0 Å². The lowest BCUT2D eigenvalue weighted by Gasteiger charge is -2.36. The highest BCUT2D eigenvalue weighted by Crippen LogP contribution is 2.12. The summed E-state index contributed by atoms with van der Waals surface area (Å²) in [6, 6.07) is -1.60. The SMILES string of the molecule is NC(=O)N(N)C1CCC(N(N)C(N)=O)NC1. The lowest BCUT2D eigenvalue weighted by Crippen LogP contribution is -2.62. The smallest absolute Gasteiger partial charge is 0.330 e. The normalized spacial score (nSPS) is 24.9. The van der Waals surface area contributed by atoms with Crippen LogP contribution in [-0.4, -0.2) is 40.8 Å². The summed E-state index contributed by atoms with van der Waals surface area (Å²) in [5, 5.41) is 4.84. The van der Waals surface area contributed by atoms with Gasteiger partial charge in [-0.15, -0.1) is 0 Å². The summed E-state index contributed by atoms with van der Waals surface area (Å²) in [4.78, 5) is 21.6. The number of rotatable bonds is 2. The second kappa shape index (κ2) is 4.96. The highest BCUT2D eigenvalue weighted by atomic mass is 16.2. The molecule has 2 unspecified atom stereocenters. The molecule has 1 rings (SSSR count). The van der Waals surface area contributed by atoms with Crippen LogP contribution in [0.5, 0.6) is 0 Å². The van der Waals surface area contributed by atoms with E-state index in [0.717, 1.165) is 10.0 Å². The molecule has 1 aliphatic rings. The number of hydrazine groups is 2. The molecule has 4 amide bonds. The first-order chi connectivity index (χ1) is 7.43. The maximum absolute atomic E-state index is 10.8. The van der Waals surface area contributed by atoms with Gasteiger partial charge in [-0.3, -0.25) is 10.3 Å². The number of piperidine rings is 1. The number of carbonyl (C=O) groups is 2. The lowest BCUT2D eigenvalue weighted by atomic mass is 10.0. The highest BCUT2D eigenvalue weighted by molar-refractivity contribution is 5.72. The van der Waals surface area contributed by atoms with Crippen LogP contribution in [0.15, 0.2) is 0 Å². The van der Waals surface area contributed by atoms with Crippen LogP contribution in [0.1, 0.15) is 12.8 Å². The van der Waals surface area contributed by atoms with Gasteiger partial charge >= 0.3 is 12.1 Å². The zero-order chi connectivity index (χ0) is 12.3. The molecule has 1 heterocycles. The Hall–Kier alpha value is -1.58. The first kappa shape index (κ1) is 12.5. The second-order valence-electron chi connectivity index (χ2n) is 3.65. The Morgan fingerprint density at radius 1 is 1.06 bits per heavy atom. The fraction of sp³-hybridized carbons (Fsp3) is 0.714. The van der Waals surface area contributed by atoms with Gasteiger partial charge in [0.05, 0.1) is 12.2 Å². The Bertz CT molecular complexity index is 248. The van der Waals surface area contributed by atoms with E-state index in [1.54, 1.807) is 0 Å². The van der Waals surface area contributed by atoms with Crippen molar-refractivity contribution < 1.29 is 9.59 Å². The molecule has 1 fully saturated rings. The molecular formula is C7H17N7O2. The maximum atomic E-state index is 10.8. The van der Waals surface area contributed by atoms with Gasteiger partial charge in [0.15, 0.2) is 0 Å². The maximum Gasteiger partial charge on any atom is 0.330 e. The summed E-state index contributed by atoms with van der Waals surface area (Å²) in [6.45, 7) is 0.408. The lowest BCUT2D eigenvalue weighted by molar-refractivity contribution is 0.114. The minimum Gasteiger partial charge on any atom is -0.350 e. The number of carbonyl (C=O) groups excluding carboxylic acids is 2. The summed E-state index contributed by atoms with van der Waals surface area (Å²) >= 11 is 0. The Morgan fingerprint density at radius 2 is 1.62 bits per heavy atom. The van der Waals surface area contributed by atoms with Gasteiger partial charge in [0.25, 0.3) is 0 Å². The fourth-order valence-corrected chi connectivity index (χ4v) is 1.63. The standard InChI is InChI=1S/C7H17N7O2/c8-6(15)13(10)4-1-2-5(12-3-4)14(11)7(9)16/h4-5,12H,1-3,10-11H2,(H2,8,15)(H2,9,16). The molecule has 0 aromatic carbocycles. The van der Waals surface area contributed by atoms with Gasteiger partial charge in [-0.05, 0) is 12.8 Å². The average Bonchev–Trinajstić information content (AvgIpc) is 2.27. The summed E-state index contributed by atoms with van der Waals surface area (Å²) in [5.41, 5.74) is 10.1. The number of hydrogen-bond acceptors (Lipinski definition) is 5. The summed E-state index contributed by atoms with van der Waals surface area (Å²) in [6.07, 6.45) is 0.804. The van der Waals surface area contributed by atoms with Gasteiger partial charge in [0.2, 0.25) is 0 Å². The topological polar surface area (TPSA) is 157 Å². The van der Waals surface area contributed by atoms with Crippen LogP contribution < -0.4 is 28.5 Å². The second-order valence-corrected chi connectivity index (χ2v) is 3.65. The summed E-state index contributed by atoms with van der Waals surface area (Å²) in [7, 11) is 0. The van der Waals surface area contributed by atoms with Crippen LogP contribution in [0, 0.1) is 0 Å². The van der Waals surface area contributed by atoms with Crippen molar-refractivity contribution in [3.63, 3.8) is 0 Å². The molecule has 1 aliphatic heterocycles. The minimum absolute atomic E-state index is 0.199. The average molecular weight is 231 g/mol. The van der Waals surface area contributed by atoms with Crippen molar-refractivity contribution >= 4 is 12.1 Å². The van der Waals surface area contributed by atoms with Crippen molar-refractivity contribution in [2.45, 2.75) is 25.0 Å². The van der Waals surface area contributed by atoms with E-state index in [4.69, 9.17) is 23.2 Å². The van der Waals surface area contributed by atoms with Gasteiger partial charge in [0.1, 0.15) is 0 Å². The number of amides is 4. The van der Waals surface area contributed by atoms with E-state index in [9.17, 15) is 9.59 Å². The van der Waals surface area contributed by atoms with Crippen LogP contribution >= 0.6 is 0 Å². The number of urea groups is 2. The first-order valence-electron chi connectivity index (χ1n) is 4.83. The summed E-state index contributed by atoms with van der Waals surface area (Å²) < 4.78 is 0. The molecule has 1 saturated heterocycles. The van der Waals surface area contributed by atoms with E-state index in [1.807, 2.05) is 0 Å². The molecule has 0 aromatic rings. The molecule has 0 aliphatic carbocycles. The molecule has 2 atom stereocenters. The molecule has 9 N–H and O–H groups in total. The quantitative estimate of drug-likeness (QED) is 0.203. The Balaban J connectivity index is 2.45. The molecule has 0 aromatic heterocycles. The number of nitrogens with two attached hydrogens (primary N) is 4. The molecule has 0 spiro atoms. The molecule has 0 bridgehead atoms. The van der Waals surface area contributed by atoms with Crippen LogP contribution in [-0.2, 0) is 0 Å². The van der Waals surface area contributed by atoms with Gasteiger partial charge < -0.3 is 11.5 Å². The molecule has 92 valence electrons. The molecule has 0 radical (unpaired) electrons. The third-order valence-electron chi connectivity index (χ3n) is 2.60. The van der Waals surface area contributed by atoms with Crippen molar-refractivity contribution in [3.8, 4) is 0 Å². The summed E-state index contributed by atoms with van der Waals surface area (Å²) in [5.74, 6) is 10.9. The predicted octanol–water partition coefficient (Wildman–Crippen LogP) is -2.43. The van der Waals surface area contributed by atoms with Gasteiger partial charge in [0, 0.05) is 6.54 Å². The number of nitrogens with one attached hydrogen (secondary N) is 1. The van der Waals surface area contributed by atoms with Crippen molar-refractivity contribution in [2.24, 2.45) is 23.2 Å². The van der Waals surface area contributed by atoms with Crippen LogP contribution in [0.4, 0.5) is 9.59 Å². The van der Waals surface area contributed by atoms with E-state index >= 15 is 0 Å². The minimum atomic E-state index is -0.713. The van der Waals surface area contributed by atoms with Gasteiger partial charge in [-0.2, -0.15) is 0 Å². The molecule has 16 heavy (non-hydrogen) atoms. The van der Waals surface area contributed by atoms with Crippen LogP contribution in [0.3, 0.4) is 0 Å². The first-order valence-corrected chi connectivity index (χ1v) is 4.83. The number of hydrogen-bond donors (Lipinski definition) is 5. The number of primary amides is 2. The molecular weight excluding hydrogens is 214 g/mol. The Morgan fingerprint density at radius 3 is 2.00 bits per heavy atom. The van der Waals surface area contributed by atoms with Crippen molar-refractivity contribution in [1.82, 2.24) is 15.3 Å². The third kappa shape index (κ3) is 2.72. The van der Waals surface area contributed by atoms with E-state index in [-0.39, 0.29) is 12.2 Å². The highest BCUT2D eigenvalue weighted by Gasteiger charge is 2.29.